The Kier molecular flexibility index (Phi) is 13.8. The van der Waals surface area contributed by atoms with Gasteiger partial charge in [0.05, 0.1) is 108 Å². The number of hydrogen-bond acceptors (Lipinski definition) is 17. The van der Waals surface area contributed by atoms with Gasteiger partial charge in [0.1, 0.15) is 30.0 Å². The Labute approximate surface area is 422 Å². The number of fused-ring (bicyclic) bond motifs is 10. The van der Waals surface area contributed by atoms with Crippen LogP contribution < -0.4 is 5.73 Å². The first kappa shape index (κ1) is 51.4. The number of aliphatic hydroxyl groups excluding tert-OH is 2. The number of carbonyl (C=O) groups excluding carboxylic acids is 1. The first-order valence-electron chi connectivity index (χ1n) is 26.7. The number of aliphatic carboxylic acids is 1. The van der Waals surface area contributed by atoms with E-state index in [9.17, 15) is 19.8 Å². The van der Waals surface area contributed by atoms with E-state index in [0.717, 1.165) is 24.8 Å². The van der Waals surface area contributed by atoms with Crippen LogP contribution in [0.15, 0.2) is 23.8 Å². The van der Waals surface area contributed by atoms with Crippen molar-refractivity contribution in [1.82, 2.24) is 0 Å². The van der Waals surface area contributed by atoms with Crippen molar-refractivity contribution < 1.29 is 77.0 Å². The highest BCUT2D eigenvalue weighted by atomic mass is 32.2. The first-order valence-corrected chi connectivity index (χ1v) is 27.9. The smallest absolute Gasteiger partial charge is 0.331 e. The molecule has 0 aromatic rings. The van der Waals surface area contributed by atoms with Crippen LogP contribution in [0.3, 0.4) is 0 Å². The molecule has 17 nitrogen and oxygen atoms in total. The molecule has 5 N–H and O–H groups in total. The fraction of sp³-hybridized carbons (Fsp3) is 0.887. The second kappa shape index (κ2) is 19.1. The van der Waals surface area contributed by atoms with Crippen LogP contribution >= 0.6 is 11.8 Å². The van der Waals surface area contributed by atoms with Crippen LogP contribution in [0.4, 0.5) is 0 Å². The van der Waals surface area contributed by atoms with E-state index in [0.29, 0.717) is 63.5 Å². The molecule has 0 spiro atoms. The van der Waals surface area contributed by atoms with Gasteiger partial charge < -0.3 is 73.2 Å². The lowest BCUT2D eigenvalue weighted by Crippen LogP contribution is -2.70. The Hall–Kier alpha value is -1.75. The summed E-state index contributed by atoms with van der Waals surface area (Å²) in [6, 6.07) is -0.962. The van der Waals surface area contributed by atoms with E-state index in [2.05, 4.69) is 46.8 Å². The third kappa shape index (κ3) is 9.43. The van der Waals surface area contributed by atoms with Gasteiger partial charge in [-0.25, -0.2) is 4.79 Å². The lowest BCUT2D eigenvalue weighted by atomic mass is 9.72. The minimum Gasteiger partial charge on any atom is -0.480 e. The average molecular weight is 1020 g/mol. The minimum absolute atomic E-state index is 0.0777. The number of carbonyl (C=O) groups is 2. The van der Waals surface area contributed by atoms with Gasteiger partial charge in [0.15, 0.2) is 0 Å². The van der Waals surface area contributed by atoms with E-state index >= 15 is 0 Å². The maximum atomic E-state index is 12.3. The molecule has 0 aromatic heterocycles. The molecule has 0 radical (unpaired) electrons. The summed E-state index contributed by atoms with van der Waals surface area (Å²) in [6.45, 7) is 14.7. The number of hydrogen-bond donors (Lipinski definition) is 4. The summed E-state index contributed by atoms with van der Waals surface area (Å²) >= 11 is 1.40. The number of carboxylic acids is 1. The molecule has 25 atom stereocenters. The molecule has 9 fully saturated rings. The lowest BCUT2D eigenvalue weighted by Gasteiger charge is -2.60. The van der Waals surface area contributed by atoms with Gasteiger partial charge in [-0.3, -0.25) is 4.79 Å². The summed E-state index contributed by atoms with van der Waals surface area (Å²) in [6.07, 6.45) is 8.39. The third-order valence-corrected chi connectivity index (χ3v) is 20.2. The Bertz CT molecular complexity index is 2080. The molecule has 71 heavy (non-hydrogen) atoms. The van der Waals surface area contributed by atoms with Gasteiger partial charge in [0.2, 0.25) is 0 Å². The molecular formula is C53H79NO16S. The zero-order valence-electron chi connectivity index (χ0n) is 42.5. The van der Waals surface area contributed by atoms with E-state index in [-0.39, 0.29) is 122 Å². The van der Waals surface area contributed by atoms with Crippen molar-refractivity contribution in [3.63, 3.8) is 0 Å². The summed E-state index contributed by atoms with van der Waals surface area (Å²) in [5.74, 6) is -0.567. The molecule has 11 heterocycles. The number of aliphatic hydroxyl groups is 2. The Balaban J connectivity index is 0.740. The minimum atomic E-state index is -1.05. The highest BCUT2D eigenvalue weighted by molar-refractivity contribution is 7.99. The summed E-state index contributed by atoms with van der Waals surface area (Å²) < 4.78 is 76.1. The standard InChI is InChI=1S/C53H79NO16S/c1-26-13-33-38(21-51(5)40(63-33)19-37-47(69-51)27(2)14-45(57)65-37)62-32-10-12-50(4)41(66-46(26)32)20-42-52(6,70-50)22-44-49(3,68-42)11-8-9-31-34(64-44)17-36-35(61-31)18-43-53(7,67-36)39(56)16-29(60-43)15-28(23-55)24-71-25-30(54)48(58)59/h8-9,14,26,28-44,46-47,55-56H,10-13,15-25,54H2,1-7H3,(H,58,59)/b9-8-/t26-,28?,29-,30+,31-,32+,33+,34+,35+,36-,37+,38-,39+,40-,41+,42-,43-,44-,46-,47-,49+,50-,51+,52+,53+/m1/s1. The summed E-state index contributed by atoms with van der Waals surface area (Å²) in [5.41, 5.74) is 3.14. The SMILES string of the molecule is CC1=CC(=O)O[C@H]2C[C@H]3O[C@H]4C[C@@H](C)[C@H]5O[C@H]6C[C@H]7O[C@@]8(C)C/C=C\[C@H]9O[C@H]%10C[C@H]%11O[C@H](CC(CO)CSC[C@H](N)C(=O)O)C[C@H](O)[C@]%11(C)O[C@@H]%10C[C@@H]9O[C@@H]8C[C@]7(C)O[C@]6(C)CC[C@@H]5O[C@@H]4C[C@]3(C)O[C@H]12. The molecule has 0 aromatic carbocycles. The van der Waals surface area contributed by atoms with Crippen molar-refractivity contribution in [2.75, 3.05) is 18.1 Å². The van der Waals surface area contributed by atoms with E-state index in [1.54, 1.807) is 6.08 Å². The van der Waals surface area contributed by atoms with Crippen molar-refractivity contribution in [3.05, 3.63) is 23.8 Å². The number of thioether (sulfide) groups is 1. The second-order valence-electron chi connectivity index (χ2n) is 24.5. The zero-order chi connectivity index (χ0) is 50.0. The molecule has 11 aliphatic rings. The first-order chi connectivity index (χ1) is 33.7. The zero-order valence-corrected chi connectivity index (χ0v) is 43.3. The number of nitrogens with two attached hydrogens (primary N) is 1. The molecule has 18 heteroatoms. The van der Waals surface area contributed by atoms with Crippen LogP contribution in [0, 0.1) is 11.8 Å². The van der Waals surface area contributed by atoms with Gasteiger partial charge in [0, 0.05) is 63.4 Å². The number of carboxylic acid groups (broad SMARTS) is 1. The van der Waals surface area contributed by atoms with Gasteiger partial charge in [0.25, 0.3) is 0 Å². The molecule has 1 unspecified atom stereocenters. The van der Waals surface area contributed by atoms with Gasteiger partial charge in [-0.2, -0.15) is 11.8 Å². The van der Waals surface area contributed by atoms with Crippen molar-refractivity contribution in [2.45, 2.75) is 263 Å². The van der Waals surface area contributed by atoms with Crippen molar-refractivity contribution in [1.29, 1.82) is 0 Å². The van der Waals surface area contributed by atoms with Crippen LogP contribution in [0.2, 0.25) is 0 Å². The van der Waals surface area contributed by atoms with E-state index in [1.807, 2.05) is 13.8 Å². The van der Waals surface area contributed by atoms with E-state index in [1.165, 1.54) is 11.8 Å². The van der Waals surface area contributed by atoms with Gasteiger partial charge >= 0.3 is 11.9 Å². The van der Waals surface area contributed by atoms with E-state index in [4.69, 9.17) is 62.9 Å². The van der Waals surface area contributed by atoms with Crippen LogP contribution in [0.25, 0.3) is 0 Å². The molecule has 9 saturated heterocycles. The van der Waals surface area contributed by atoms with Crippen LogP contribution in [0.5, 0.6) is 0 Å². The summed E-state index contributed by atoms with van der Waals surface area (Å²) in [7, 11) is 0. The quantitative estimate of drug-likeness (QED) is 0.195. The van der Waals surface area contributed by atoms with Gasteiger partial charge in [-0.1, -0.05) is 19.1 Å². The van der Waals surface area contributed by atoms with Gasteiger partial charge in [-0.05, 0) is 96.8 Å². The largest absolute Gasteiger partial charge is 0.480 e. The molecule has 11 rings (SSSR count). The molecule has 0 amide bonds. The molecule has 11 aliphatic heterocycles. The lowest BCUT2D eigenvalue weighted by molar-refractivity contribution is -0.356. The topological polar surface area (TPSA) is 222 Å². The Morgan fingerprint density at radius 2 is 1.52 bits per heavy atom. The van der Waals surface area contributed by atoms with Crippen LogP contribution in [-0.4, -0.2) is 183 Å². The Morgan fingerprint density at radius 3 is 2.31 bits per heavy atom. The fourth-order valence-electron chi connectivity index (χ4n) is 14.7. The van der Waals surface area contributed by atoms with Crippen LogP contribution in [-0.2, 0) is 61.7 Å². The average Bonchev–Trinajstić information content (AvgIpc) is 3.50. The molecule has 0 bridgehead atoms. The highest BCUT2D eigenvalue weighted by Gasteiger charge is 2.64. The van der Waals surface area contributed by atoms with Crippen LogP contribution in [0.1, 0.15) is 126 Å². The number of esters is 1. The molecular weight excluding hydrogens is 939 g/mol. The fourth-order valence-corrected chi connectivity index (χ4v) is 15.8. The molecule has 398 valence electrons. The highest BCUT2D eigenvalue weighted by Crippen LogP contribution is 2.55. The maximum Gasteiger partial charge on any atom is 0.331 e. The van der Waals surface area contributed by atoms with Crippen molar-refractivity contribution in [2.24, 2.45) is 17.6 Å². The normalized spacial score (nSPS) is 53.5. The monoisotopic (exact) mass is 1020 g/mol. The summed E-state index contributed by atoms with van der Waals surface area (Å²) in [5, 5.41) is 31.0. The van der Waals surface area contributed by atoms with Crippen molar-refractivity contribution >= 4 is 23.7 Å². The predicted molar refractivity (Wildman–Crippen MR) is 257 cm³/mol. The van der Waals surface area contributed by atoms with E-state index < -0.39 is 52.2 Å². The third-order valence-electron chi connectivity index (χ3n) is 18.9. The number of rotatable bonds is 8. The molecule has 0 saturated carbocycles. The Morgan fingerprint density at radius 1 is 0.761 bits per heavy atom. The van der Waals surface area contributed by atoms with Crippen molar-refractivity contribution in [3.8, 4) is 0 Å². The second-order valence-corrected chi connectivity index (χ2v) is 25.5. The predicted octanol–water partition coefficient (Wildman–Crippen LogP) is 4.47. The maximum absolute atomic E-state index is 12.3. The summed E-state index contributed by atoms with van der Waals surface area (Å²) in [4.78, 5) is 23.5. The van der Waals surface area contributed by atoms with Gasteiger partial charge in [-0.15, -0.1) is 0 Å². The number of ether oxygens (including phenoxy) is 11. The molecule has 0 aliphatic carbocycles.